The second-order valence-corrected chi connectivity index (χ2v) is 3.85. The zero-order valence-electron chi connectivity index (χ0n) is 8.31. The van der Waals surface area contributed by atoms with Crippen LogP contribution in [0.1, 0.15) is 16.8 Å². The molecular formula is C9H9N3O2S. The second kappa shape index (κ2) is 4.75. The van der Waals surface area contributed by atoms with Crippen LogP contribution < -0.4 is 0 Å². The first-order valence-electron chi connectivity index (χ1n) is 4.14. The van der Waals surface area contributed by atoms with E-state index < -0.39 is 5.97 Å². The summed E-state index contributed by atoms with van der Waals surface area (Å²) in [6, 6.07) is 2.01. The fraction of sp³-hybridized carbons (Fsp3) is 0.333. The predicted molar refractivity (Wildman–Crippen MR) is 54.6 cm³/mol. The van der Waals surface area contributed by atoms with Gasteiger partial charge in [0.15, 0.2) is 0 Å². The van der Waals surface area contributed by atoms with Gasteiger partial charge in [0.2, 0.25) is 0 Å². The molecule has 1 rings (SSSR count). The molecule has 78 valence electrons. The van der Waals surface area contributed by atoms with Crippen LogP contribution in [0, 0.1) is 25.2 Å². The molecule has 0 saturated heterocycles. The molecule has 0 aliphatic carbocycles. The van der Waals surface area contributed by atoms with E-state index in [4.69, 9.17) is 10.4 Å². The van der Waals surface area contributed by atoms with Gasteiger partial charge >= 0.3 is 5.97 Å². The lowest BCUT2D eigenvalue weighted by atomic mass is 10.1. The minimum absolute atomic E-state index is 0.119. The van der Waals surface area contributed by atoms with Gasteiger partial charge in [0.1, 0.15) is 11.1 Å². The number of carboxylic acids is 1. The summed E-state index contributed by atoms with van der Waals surface area (Å²) in [5, 5.41) is 25.5. The Morgan fingerprint density at radius 2 is 2.20 bits per heavy atom. The number of rotatable bonds is 3. The van der Waals surface area contributed by atoms with E-state index in [-0.39, 0.29) is 5.75 Å². The Labute approximate surface area is 91.1 Å². The molecule has 0 unspecified atom stereocenters. The molecule has 0 amide bonds. The third kappa shape index (κ3) is 2.67. The molecule has 5 nitrogen and oxygen atoms in total. The number of carboxylic acid groups (broad SMARTS) is 1. The van der Waals surface area contributed by atoms with Gasteiger partial charge in [0.05, 0.1) is 17.0 Å². The second-order valence-electron chi connectivity index (χ2n) is 2.88. The first-order chi connectivity index (χ1) is 7.06. The lowest BCUT2D eigenvalue weighted by molar-refractivity contribution is -0.133. The van der Waals surface area contributed by atoms with Crippen LogP contribution in [0.3, 0.4) is 0 Å². The fourth-order valence-electron chi connectivity index (χ4n) is 0.950. The monoisotopic (exact) mass is 223 g/mol. The van der Waals surface area contributed by atoms with Crippen molar-refractivity contribution in [1.82, 2.24) is 10.2 Å². The van der Waals surface area contributed by atoms with Gasteiger partial charge in [-0.25, -0.2) is 0 Å². The lowest BCUT2D eigenvalue weighted by Crippen LogP contribution is -2.03. The summed E-state index contributed by atoms with van der Waals surface area (Å²) in [4.78, 5) is 10.4. The van der Waals surface area contributed by atoms with Crippen LogP contribution in [0.15, 0.2) is 5.03 Å². The van der Waals surface area contributed by atoms with Crippen LogP contribution >= 0.6 is 11.8 Å². The fourth-order valence-corrected chi connectivity index (χ4v) is 1.65. The van der Waals surface area contributed by atoms with E-state index in [0.717, 1.165) is 17.3 Å². The quantitative estimate of drug-likeness (QED) is 0.773. The number of nitrogens with zero attached hydrogens (tertiary/aromatic N) is 3. The number of thioether (sulfide) groups is 1. The van der Waals surface area contributed by atoms with Crippen LogP contribution in [-0.2, 0) is 4.79 Å². The van der Waals surface area contributed by atoms with Crippen molar-refractivity contribution < 1.29 is 9.90 Å². The molecule has 1 heterocycles. The molecule has 1 aromatic heterocycles. The van der Waals surface area contributed by atoms with Gasteiger partial charge in [-0.3, -0.25) is 4.79 Å². The molecule has 0 aromatic carbocycles. The Kier molecular flexibility index (Phi) is 3.63. The molecule has 0 spiro atoms. The maximum Gasteiger partial charge on any atom is 0.313 e. The largest absolute Gasteiger partial charge is 0.481 e. The number of aliphatic carboxylic acids is 1. The Hall–Kier alpha value is -1.61. The molecule has 0 aliphatic heterocycles. The van der Waals surface area contributed by atoms with Crippen molar-refractivity contribution in [1.29, 1.82) is 5.26 Å². The van der Waals surface area contributed by atoms with E-state index in [1.54, 1.807) is 13.8 Å². The number of aryl methyl sites for hydroxylation is 1. The van der Waals surface area contributed by atoms with E-state index in [0.29, 0.717) is 16.3 Å². The normalized spacial score (nSPS) is 9.67. The number of aromatic nitrogens is 2. The van der Waals surface area contributed by atoms with Gasteiger partial charge in [-0.05, 0) is 19.4 Å². The molecule has 0 bridgehead atoms. The zero-order chi connectivity index (χ0) is 11.4. The minimum atomic E-state index is -0.941. The van der Waals surface area contributed by atoms with Gasteiger partial charge < -0.3 is 5.11 Å². The maximum atomic E-state index is 10.4. The number of hydrogen-bond donors (Lipinski definition) is 1. The van der Waals surface area contributed by atoms with Crippen molar-refractivity contribution in [3.63, 3.8) is 0 Å². The highest BCUT2D eigenvalue weighted by Crippen LogP contribution is 2.22. The molecule has 15 heavy (non-hydrogen) atoms. The average Bonchev–Trinajstić information content (AvgIpc) is 2.19. The van der Waals surface area contributed by atoms with Crippen LogP contribution in [-0.4, -0.2) is 27.0 Å². The van der Waals surface area contributed by atoms with E-state index in [2.05, 4.69) is 10.2 Å². The summed E-state index contributed by atoms with van der Waals surface area (Å²) in [7, 11) is 0. The van der Waals surface area contributed by atoms with Gasteiger partial charge in [0.25, 0.3) is 0 Å². The lowest BCUT2D eigenvalue weighted by Gasteiger charge is -2.04. The van der Waals surface area contributed by atoms with Crippen LogP contribution in [0.2, 0.25) is 0 Å². The third-order valence-electron chi connectivity index (χ3n) is 1.87. The third-order valence-corrected chi connectivity index (χ3v) is 2.82. The highest BCUT2D eigenvalue weighted by molar-refractivity contribution is 7.99. The number of nitriles is 1. The topological polar surface area (TPSA) is 86.9 Å². The summed E-state index contributed by atoms with van der Waals surface area (Å²) in [6.45, 7) is 3.53. The van der Waals surface area contributed by atoms with Gasteiger partial charge in [-0.15, -0.1) is 5.10 Å². The molecule has 1 aromatic rings. The summed E-state index contributed by atoms with van der Waals surface area (Å²) in [6.07, 6.45) is 0. The Balaban J connectivity index is 3.04. The predicted octanol–water partition coefficient (Wildman–Crippen LogP) is 1.14. The van der Waals surface area contributed by atoms with Gasteiger partial charge in [0, 0.05) is 0 Å². The summed E-state index contributed by atoms with van der Waals surface area (Å²) in [5.74, 6) is -1.06. The first-order valence-corrected chi connectivity index (χ1v) is 5.13. The van der Waals surface area contributed by atoms with Crippen LogP contribution in [0.25, 0.3) is 0 Å². The highest BCUT2D eigenvalue weighted by atomic mass is 32.2. The molecule has 1 N–H and O–H groups in total. The van der Waals surface area contributed by atoms with E-state index in [1.165, 1.54) is 0 Å². The van der Waals surface area contributed by atoms with Gasteiger partial charge in [-0.2, -0.15) is 10.4 Å². The average molecular weight is 223 g/mol. The molecule has 0 saturated carbocycles. The Bertz CT molecular complexity index is 440. The zero-order valence-corrected chi connectivity index (χ0v) is 9.13. The highest BCUT2D eigenvalue weighted by Gasteiger charge is 2.12. The summed E-state index contributed by atoms with van der Waals surface area (Å²) >= 11 is 1.01. The van der Waals surface area contributed by atoms with Crippen LogP contribution in [0.5, 0.6) is 0 Å². The van der Waals surface area contributed by atoms with Crippen LogP contribution in [0.4, 0.5) is 0 Å². The molecular weight excluding hydrogens is 214 g/mol. The number of hydrogen-bond acceptors (Lipinski definition) is 5. The molecule has 0 aliphatic rings. The molecule has 0 fully saturated rings. The summed E-state index contributed by atoms with van der Waals surface area (Å²) in [5.41, 5.74) is 1.85. The maximum absolute atomic E-state index is 10.4. The minimum Gasteiger partial charge on any atom is -0.481 e. The van der Waals surface area contributed by atoms with Gasteiger partial charge in [-0.1, -0.05) is 11.8 Å². The summed E-state index contributed by atoms with van der Waals surface area (Å²) < 4.78 is 0. The Morgan fingerprint density at radius 3 is 2.73 bits per heavy atom. The smallest absolute Gasteiger partial charge is 0.313 e. The molecule has 0 radical (unpaired) electrons. The first kappa shape index (κ1) is 11.5. The van der Waals surface area contributed by atoms with Crippen molar-refractivity contribution >= 4 is 17.7 Å². The van der Waals surface area contributed by atoms with Crippen molar-refractivity contribution in [2.45, 2.75) is 18.9 Å². The Morgan fingerprint density at radius 1 is 1.53 bits per heavy atom. The number of carbonyl (C=O) groups is 1. The van der Waals surface area contributed by atoms with Crippen molar-refractivity contribution in [2.24, 2.45) is 0 Å². The van der Waals surface area contributed by atoms with Crippen molar-refractivity contribution in [2.75, 3.05) is 5.75 Å². The van der Waals surface area contributed by atoms with Crippen molar-refractivity contribution in [3.8, 4) is 6.07 Å². The van der Waals surface area contributed by atoms with E-state index >= 15 is 0 Å². The van der Waals surface area contributed by atoms with E-state index in [1.807, 2.05) is 6.07 Å². The molecule has 0 atom stereocenters. The molecule has 6 heteroatoms. The van der Waals surface area contributed by atoms with E-state index in [9.17, 15) is 4.79 Å². The van der Waals surface area contributed by atoms with Crippen molar-refractivity contribution in [3.05, 3.63) is 16.8 Å². The SMILES string of the molecule is Cc1nnc(SCC(=O)O)c(C#N)c1C. The standard InChI is InChI=1S/C9H9N3O2S/c1-5-6(2)11-12-9(7(5)3-10)15-4-8(13)14/h4H2,1-2H3,(H,13,14).